The van der Waals surface area contributed by atoms with Gasteiger partial charge in [-0.3, -0.25) is 4.79 Å². The quantitative estimate of drug-likeness (QED) is 0.753. The fourth-order valence-electron chi connectivity index (χ4n) is 2.11. The highest BCUT2D eigenvalue weighted by molar-refractivity contribution is 6.30. The minimum atomic E-state index is -0.521. The second-order valence-corrected chi connectivity index (χ2v) is 5.62. The molecule has 5 nitrogen and oxygen atoms in total. The SMILES string of the molecule is O=C(Cc1nnc(-c2cccc(F)c2)o1)NCc1ccc(F)c(Cl)c1. The molecule has 8 heteroatoms. The molecule has 1 heterocycles. The number of hydrogen-bond acceptors (Lipinski definition) is 4. The molecule has 1 N–H and O–H groups in total. The third-order valence-electron chi connectivity index (χ3n) is 3.32. The summed E-state index contributed by atoms with van der Waals surface area (Å²) in [6.45, 7) is 0.184. The minimum absolute atomic E-state index is 0.0108. The predicted molar refractivity (Wildman–Crippen MR) is 86.7 cm³/mol. The minimum Gasteiger partial charge on any atom is -0.420 e. The lowest BCUT2D eigenvalue weighted by Crippen LogP contribution is -2.24. The highest BCUT2D eigenvalue weighted by Crippen LogP contribution is 2.19. The smallest absolute Gasteiger partial charge is 0.247 e. The molecule has 25 heavy (non-hydrogen) atoms. The summed E-state index contributed by atoms with van der Waals surface area (Å²) in [5.41, 5.74) is 1.09. The van der Waals surface area contributed by atoms with Crippen molar-refractivity contribution < 1.29 is 18.0 Å². The van der Waals surface area contributed by atoms with Crippen molar-refractivity contribution in [2.75, 3.05) is 0 Å². The van der Waals surface area contributed by atoms with Gasteiger partial charge in [-0.1, -0.05) is 23.7 Å². The molecule has 0 aliphatic carbocycles. The molecule has 0 aliphatic rings. The largest absolute Gasteiger partial charge is 0.420 e. The Morgan fingerprint density at radius 1 is 1.16 bits per heavy atom. The van der Waals surface area contributed by atoms with E-state index in [1.807, 2.05) is 0 Å². The van der Waals surface area contributed by atoms with Gasteiger partial charge in [-0.2, -0.15) is 0 Å². The van der Waals surface area contributed by atoms with E-state index in [2.05, 4.69) is 15.5 Å². The molecule has 0 radical (unpaired) electrons. The van der Waals surface area contributed by atoms with Crippen molar-refractivity contribution in [1.82, 2.24) is 15.5 Å². The maximum Gasteiger partial charge on any atom is 0.247 e. The molecule has 2 aromatic carbocycles. The van der Waals surface area contributed by atoms with Crippen molar-refractivity contribution in [2.24, 2.45) is 0 Å². The van der Waals surface area contributed by atoms with Crippen LogP contribution < -0.4 is 5.32 Å². The van der Waals surface area contributed by atoms with Crippen LogP contribution in [0, 0.1) is 11.6 Å². The average molecular weight is 364 g/mol. The number of carbonyl (C=O) groups excluding carboxylic acids is 1. The molecule has 0 saturated heterocycles. The molecule has 0 saturated carbocycles. The lowest BCUT2D eigenvalue weighted by Gasteiger charge is -2.04. The lowest BCUT2D eigenvalue weighted by atomic mass is 10.2. The van der Waals surface area contributed by atoms with Crippen molar-refractivity contribution in [3.8, 4) is 11.5 Å². The number of aromatic nitrogens is 2. The van der Waals surface area contributed by atoms with Gasteiger partial charge in [0.05, 0.1) is 5.02 Å². The van der Waals surface area contributed by atoms with Gasteiger partial charge in [0.1, 0.15) is 18.1 Å². The first-order valence-corrected chi connectivity index (χ1v) is 7.68. The highest BCUT2D eigenvalue weighted by atomic mass is 35.5. The first-order valence-electron chi connectivity index (χ1n) is 7.30. The summed E-state index contributed by atoms with van der Waals surface area (Å²) >= 11 is 5.68. The van der Waals surface area contributed by atoms with E-state index in [0.717, 1.165) is 0 Å². The predicted octanol–water partition coefficient (Wildman–Crippen LogP) is 3.53. The van der Waals surface area contributed by atoms with Gasteiger partial charge in [0.2, 0.25) is 17.7 Å². The molecule has 0 aliphatic heterocycles. The fourth-order valence-corrected chi connectivity index (χ4v) is 2.32. The van der Waals surface area contributed by atoms with E-state index in [9.17, 15) is 13.6 Å². The van der Waals surface area contributed by atoms with E-state index in [1.165, 1.54) is 36.4 Å². The second kappa shape index (κ2) is 7.40. The fraction of sp³-hybridized carbons (Fsp3) is 0.118. The standard InChI is InChI=1S/C17H12ClF2N3O2/c18-13-6-10(4-5-14(13)20)9-21-15(24)8-16-22-23-17(25-16)11-2-1-3-12(19)7-11/h1-7H,8-9H2,(H,21,24). The Bertz CT molecular complexity index is 914. The number of carbonyl (C=O) groups is 1. The van der Waals surface area contributed by atoms with Gasteiger partial charge in [-0.15, -0.1) is 10.2 Å². The summed E-state index contributed by atoms with van der Waals surface area (Å²) in [4.78, 5) is 11.9. The summed E-state index contributed by atoms with van der Waals surface area (Å²) in [5, 5.41) is 10.2. The Morgan fingerprint density at radius 2 is 2.00 bits per heavy atom. The molecule has 0 bridgehead atoms. The van der Waals surface area contributed by atoms with Crippen molar-refractivity contribution >= 4 is 17.5 Å². The molecule has 1 amide bonds. The lowest BCUT2D eigenvalue weighted by molar-refractivity contribution is -0.120. The van der Waals surface area contributed by atoms with Crippen LogP contribution in [0.3, 0.4) is 0 Å². The zero-order valence-electron chi connectivity index (χ0n) is 12.8. The Morgan fingerprint density at radius 3 is 2.76 bits per heavy atom. The van der Waals surface area contributed by atoms with Crippen LogP contribution in [0.1, 0.15) is 11.5 Å². The van der Waals surface area contributed by atoms with E-state index in [0.29, 0.717) is 11.1 Å². The number of nitrogens with zero attached hydrogens (tertiary/aromatic N) is 2. The first kappa shape index (κ1) is 17.0. The van der Waals surface area contributed by atoms with Crippen LogP contribution in [0.5, 0.6) is 0 Å². The summed E-state index contributed by atoms with van der Waals surface area (Å²) in [6.07, 6.45) is -0.128. The number of amides is 1. The van der Waals surface area contributed by atoms with Gasteiger partial charge < -0.3 is 9.73 Å². The maximum absolute atomic E-state index is 13.2. The van der Waals surface area contributed by atoms with Gasteiger partial charge in [0.25, 0.3) is 0 Å². The van der Waals surface area contributed by atoms with Crippen LogP contribution in [-0.2, 0) is 17.8 Å². The number of halogens is 3. The molecule has 0 fully saturated rings. The van der Waals surface area contributed by atoms with Crippen molar-refractivity contribution in [3.63, 3.8) is 0 Å². The van der Waals surface area contributed by atoms with E-state index in [-0.39, 0.29) is 35.7 Å². The monoisotopic (exact) mass is 363 g/mol. The Labute approximate surface area is 146 Å². The molecule has 1 aromatic heterocycles. The van der Waals surface area contributed by atoms with Crippen LogP contribution in [0.4, 0.5) is 8.78 Å². The number of hydrogen-bond donors (Lipinski definition) is 1. The molecular formula is C17H12ClF2N3O2. The molecule has 128 valence electrons. The Balaban J connectivity index is 1.59. The molecule has 0 unspecified atom stereocenters. The third kappa shape index (κ3) is 4.39. The molecule has 3 aromatic rings. The van der Waals surface area contributed by atoms with Gasteiger partial charge in [0.15, 0.2) is 0 Å². The first-order chi connectivity index (χ1) is 12.0. The van der Waals surface area contributed by atoms with Crippen LogP contribution in [0.15, 0.2) is 46.9 Å². The van der Waals surface area contributed by atoms with E-state index in [1.54, 1.807) is 6.07 Å². The van der Waals surface area contributed by atoms with Crippen molar-refractivity contribution in [3.05, 3.63) is 70.6 Å². The Kier molecular flexibility index (Phi) is 5.04. The van der Waals surface area contributed by atoms with E-state index in [4.69, 9.17) is 16.0 Å². The van der Waals surface area contributed by atoms with Gasteiger partial charge in [-0.25, -0.2) is 8.78 Å². The number of rotatable bonds is 5. The zero-order chi connectivity index (χ0) is 17.8. The van der Waals surface area contributed by atoms with Crippen LogP contribution >= 0.6 is 11.6 Å². The second-order valence-electron chi connectivity index (χ2n) is 5.21. The maximum atomic E-state index is 13.2. The Hall–Kier alpha value is -2.80. The summed E-state index contributed by atoms with van der Waals surface area (Å²) < 4.78 is 31.6. The summed E-state index contributed by atoms with van der Waals surface area (Å²) in [6, 6.07) is 9.90. The highest BCUT2D eigenvalue weighted by Gasteiger charge is 2.13. The summed E-state index contributed by atoms with van der Waals surface area (Å²) in [7, 11) is 0. The average Bonchev–Trinajstić information content (AvgIpc) is 3.04. The van der Waals surface area contributed by atoms with Crippen molar-refractivity contribution in [2.45, 2.75) is 13.0 Å². The molecule has 3 rings (SSSR count). The van der Waals surface area contributed by atoms with Crippen LogP contribution in [-0.4, -0.2) is 16.1 Å². The molecular weight excluding hydrogens is 352 g/mol. The summed E-state index contributed by atoms with van der Waals surface area (Å²) in [5.74, 6) is -1.06. The van der Waals surface area contributed by atoms with E-state index >= 15 is 0 Å². The number of benzene rings is 2. The number of nitrogens with one attached hydrogen (secondary N) is 1. The molecule has 0 atom stereocenters. The van der Waals surface area contributed by atoms with Gasteiger partial charge >= 0.3 is 0 Å². The van der Waals surface area contributed by atoms with Crippen LogP contribution in [0.2, 0.25) is 5.02 Å². The third-order valence-corrected chi connectivity index (χ3v) is 3.61. The van der Waals surface area contributed by atoms with Gasteiger partial charge in [-0.05, 0) is 35.9 Å². The zero-order valence-corrected chi connectivity index (χ0v) is 13.6. The topological polar surface area (TPSA) is 68.0 Å². The normalized spacial score (nSPS) is 10.7. The van der Waals surface area contributed by atoms with E-state index < -0.39 is 11.6 Å². The van der Waals surface area contributed by atoms with Crippen molar-refractivity contribution in [1.29, 1.82) is 0 Å². The molecule has 0 spiro atoms. The van der Waals surface area contributed by atoms with Crippen LogP contribution in [0.25, 0.3) is 11.5 Å². The van der Waals surface area contributed by atoms with Gasteiger partial charge in [0, 0.05) is 12.1 Å².